The lowest BCUT2D eigenvalue weighted by Crippen LogP contribution is -2.41. The lowest BCUT2D eigenvalue weighted by atomic mass is 9.90. The first kappa shape index (κ1) is 16.4. The van der Waals surface area contributed by atoms with Crippen LogP contribution >= 0.6 is 0 Å². The highest BCUT2D eigenvalue weighted by Gasteiger charge is 2.53. The minimum atomic E-state index is -4.71. The Kier molecular flexibility index (Phi) is 4.76. The maximum Gasteiger partial charge on any atom is 0.421 e. The van der Waals surface area contributed by atoms with E-state index in [1.165, 1.54) is 31.2 Å². The van der Waals surface area contributed by atoms with Gasteiger partial charge >= 0.3 is 6.18 Å². The number of benzene rings is 2. The number of hydrogen-bond donors (Lipinski definition) is 1. The molecule has 0 spiro atoms. The average molecular weight is 310 g/mol. The minimum Gasteiger partial charge on any atom is -0.489 e. The summed E-state index contributed by atoms with van der Waals surface area (Å²) in [6.45, 7) is 1.63. The van der Waals surface area contributed by atoms with Gasteiger partial charge in [-0.1, -0.05) is 49.4 Å². The zero-order chi connectivity index (χ0) is 16.2. The van der Waals surface area contributed by atoms with Crippen LogP contribution in [-0.2, 0) is 12.2 Å². The van der Waals surface area contributed by atoms with E-state index >= 15 is 0 Å². The molecule has 118 valence electrons. The molecule has 0 aliphatic rings. The fraction of sp³-hybridized carbons (Fsp3) is 0.294. The summed E-state index contributed by atoms with van der Waals surface area (Å²) < 4.78 is 44.5. The molecule has 22 heavy (non-hydrogen) atoms. The van der Waals surface area contributed by atoms with Gasteiger partial charge in [-0.25, -0.2) is 0 Å². The smallest absolute Gasteiger partial charge is 0.421 e. The van der Waals surface area contributed by atoms with Crippen LogP contribution in [0.1, 0.15) is 24.5 Å². The van der Waals surface area contributed by atoms with E-state index in [4.69, 9.17) is 4.74 Å². The molecule has 0 radical (unpaired) electrons. The predicted octanol–water partition coefficient (Wildman–Crippen LogP) is 4.43. The topological polar surface area (TPSA) is 29.5 Å². The lowest BCUT2D eigenvalue weighted by Gasteiger charge is -2.29. The maximum absolute atomic E-state index is 13.0. The van der Waals surface area contributed by atoms with Crippen molar-refractivity contribution in [1.29, 1.82) is 0 Å². The summed E-state index contributed by atoms with van der Waals surface area (Å²) in [6.07, 6.45) is -5.16. The third-order valence-electron chi connectivity index (χ3n) is 3.56. The standard InChI is InChI=1S/C17H17F3O2/c1-2-16(21,17(18,19)20)14-8-10-15(11-9-14)22-12-13-6-4-3-5-7-13/h3-11,21H,2,12H2,1H3. The van der Waals surface area contributed by atoms with Gasteiger partial charge in [-0.15, -0.1) is 0 Å². The van der Waals surface area contributed by atoms with E-state index in [1.54, 1.807) is 0 Å². The molecule has 0 bridgehead atoms. The van der Waals surface area contributed by atoms with Crippen LogP contribution in [0.15, 0.2) is 54.6 Å². The fourth-order valence-corrected chi connectivity index (χ4v) is 2.14. The van der Waals surface area contributed by atoms with Gasteiger partial charge < -0.3 is 9.84 Å². The molecule has 0 saturated heterocycles. The van der Waals surface area contributed by atoms with Gasteiger partial charge in [-0.05, 0) is 29.7 Å². The highest BCUT2D eigenvalue weighted by atomic mass is 19.4. The van der Waals surface area contributed by atoms with E-state index in [0.717, 1.165) is 5.56 Å². The molecule has 1 atom stereocenters. The quantitative estimate of drug-likeness (QED) is 0.885. The van der Waals surface area contributed by atoms with Crippen LogP contribution in [0, 0.1) is 0 Å². The summed E-state index contributed by atoms with van der Waals surface area (Å²) in [4.78, 5) is 0. The third kappa shape index (κ3) is 3.42. The molecule has 0 aromatic heterocycles. The Bertz CT molecular complexity index is 594. The second-order valence-corrected chi connectivity index (χ2v) is 5.01. The largest absolute Gasteiger partial charge is 0.489 e. The zero-order valence-electron chi connectivity index (χ0n) is 12.1. The van der Waals surface area contributed by atoms with Crippen LogP contribution < -0.4 is 4.74 Å². The molecule has 5 heteroatoms. The molecule has 0 fully saturated rings. The maximum atomic E-state index is 13.0. The van der Waals surface area contributed by atoms with Crippen molar-refractivity contribution >= 4 is 0 Å². The van der Waals surface area contributed by atoms with Gasteiger partial charge in [0.25, 0.3) is 0 Å². The summed E-state index contributed by atoms with van der Waals surface area (Å²) >= 11 is 0. The SMILES string of the molecule is CCC(O)(c1ccc(OCc2ccccc2)cc1)C(F)(F)F. The van der Waals surface area contributed by atoms with Crippen molar-refractivity contribution in [3.63, 3.8) is 0 Å². The number of hydrogen-bond acceptors (Lipinski definition) is 2. The van der Waals surface area contributed by atoms with Gasteiger partial charge in [-0.3, -0.25) is 0 Å². The Hall–Kier alpha value is -2.01. The number of rotatable bonds is 5. The molecule has 2 rings (SSSR count). The monoisotopic (exact) mass is 310 g/mol. The minimum absolute atomic E-state index is 0.186. The van der Waals surface area contributed by atoms with E-state index in [0.29, 0.717) is 12.4 Å². The van der Waals surface area contributed by atoms with E-state index in [-0.39, 0.29) is 5.56 Å². The second-order valence-electron chi connectivity index (χ2n) is 5.01. The van der Waals surface area contributed by atoms with E-state index in [2.05, 4.69) is 0 Å². The van der Waals surface area contributed by atoms with Crippen molar-refractivity contribution in [3.8, 4) is 5.75 Å². The van der Waals surface area contributed by atoms with E-state index < -0.39 is 18.2 Å². The molecule has 1 unspecified atom stereocenters. The molecule has 2 aromatic carbocycles. The fourth-order valence-electron chi connectivity index (χ4n) is 2.14. The molecule has 1 N–H and O–H groups in total. The lowest BCUT2D eigenvalue weighted by molar-refractivity contribution is -0.267. The van der Waals surface area contributed by atoms with Crippen molar-refractivity contribution in [2.45, 2.75) is 31.7 Å². The molecular formula is C17H17F3O2. The van der Waals surface area contributed by atoms with Crippen LogP contribution in [0.25, 0.3) is 0 Å². The van der Waals surface area contributed by atoms with Crippen molar-refractivity contribution in [1.82, 2.24) is 0 Å². The Morgan fingerprint density at radius 2 is 1.55 bits per heavy atom. The third-order valence-corrected chi connectivity index (χ3v) is 3.56. The predicted molar refractivity (Wildman–Crippen MR) is 77.5 cm³/mol. The molecule has 0 heterocycles. The Morgan fingerprint density at radius 3 is 2.05 bits per heavy atom. The molecule has 0 aliphatic carbocycles. The number of halogens is 3. The Labute approximate surface area is 127 Å². The van der Waals surface area contributed by atoms with Crippen molar-refractivity contribution in [2.75, 3.05) is 0 Å². The van der Waals surface area contributed by atoms with Gasteiger partial charge in [0, 0.05) is 0 Å². The van der Waals surface area contributed by atoms with Gasteiger partial charge in [0.2, 0.25) is 0 Å². The van der Waals surface area contributed by atoms with Crippen molar-refractivity contribution < 1.29 is 23.0 Å². The van der Waals surface area contributed by atoms with Gasteiger partial charge in [0.05, 0.1) is 0 Å². The molecule has 2 aromatic rings. The second kappa shape index (κ2) is 6.40. The van der Waals surface area contributed by atoms with E-state index in [1.807, 2.05) is 30.3 Å². The van der Waals surface area contributed by atoms with Crippen LogP contribution in [0.5, 0.6) is 5.75 Å². The summed E-state index contributed by atoms with van der Waals surface area (Å²) in [5.41, 5.74) is -2.05. The van der Waals surface area contributed by atoms with Gasteiger partial charge in [0.1, 0.15) is 12.4 Å². The summed E-state index contributed by atoms with van der Waals surface area (Å²) in [7, 11) is 0. The average Bonchev–Trinajstić information content (AvgIpc) is 2.52. The Morgan fingerprint density at radius 1 is 0.955 bits per heavy atom. The Balaban J connectivity index is 2.10. The highest BCUT2D eigenvalue weighted by molar-refractivity contribution is 5.32. The molecule has 2 nitrogen and oxygen atoms in total. The van der Waals surface area contributed by atoms with Crippen molar-refractivity contribution in [3.05, 3.63) is 65.7 Å². The zero-order valence-corrected chi connectivity index (χ0v) is 12.1. The summed E-state index contributed by atoms with van der Waals surface area (Å²) in [5, 5.41) is 9.86. The highest BCUT2D eigenvalue weighted by Crippen LogP contribution is 2.41. The molecule has 0 aliphatic heterocycles. The van der Waals surface area contributed by atoms with Crippen LogP contribution in [0.2, 0.25) is 0 Å². The first-order valence-electron chi connectivity index (χ1n) is 6.93. The molecule has 0 saturated carbocycles. The number of aliphatic hydroxyl groups is 1. The summed E-state index contributed by atoms with van der Waals surface area (Å²) in [6, 6.07) is 14.8. The first-order valence-corrected chi connectivity index (χ1v) is 6.93. The normalized spacial score (nSPS) is 14.4. The van der Waals surface area contributed by atoms with E-state index in [9.17, 15) is 18.3 Å². The van der Waals surface area contributed by atoms with Crippen LogP contribution in [0.3, 0.4) is 0 Å². The number of ether oxygens (including phenoxy) is 1. The number of alkyl halides is 3. The molecule has 0 amide bonds. The van der Waals surface area contributed by atoms with Crippen molar-refractivity contribution in [2.24, 2.45) is 0 Å². The van der Waals surface area contributed by atoms with Gasteiger partial charge in [0.15, 0.2) is 5.60 Å². The molecular weight excluding hydrogens is 293 g/mol. The van der Waals surface area contributed by atoms with Crippen LogP contribution in [0.4, 0.5) is 13.2 Å². The van der Waals surface area contributed by atoms with Gasteiger partial charge in [-0.2, -0.15) is 13.2 Å². The summed E-state index contributed by atoms with van der Waals surface area (Å²) in [5.74, 6) is 0.452. The first-order chi connectivity index (χ1) is 10.4. The van der Waals surface area contributed by atoms with Crippen LogP contribution in [-0.4, -0.2) is 11.3 Å².